The zero-order valence-corrected chi connectivity index (χ0v) is 28.7. The Bertz CT molecular complexity index is 732. The van der Waals surface area contributed by atoms with Crippen LogP contribution >= 0.6 is 0 Å². The van der Waals surface area contributed by atoms with Crippen LogP contribution in [0.2, 0.25) is 0 Å². The minimum absolute atomic E-state index is 0.0186. The molecule has 0 aliphatic carbocycles. The molecule has 0 heterocycles. The predicted octanol–water partition coefficient (Wildman–Crippen LogP) is -1.48. The van der Waals surface area contributed by atoms with E-state index in [0.29, 0.717) is 25.7 Å². The third kappa shape index (κ3) is 19.6. The second-order valence-corrected chi connectivity index (χ2v) is 11.5. The first-order valence-corrected chi connectivity index (χ1v) is 15.5. The Balaban J connectivity index is -0.000000254. The first-order valence-electron chi connectivity index (χ1n) is 15.5. The maximum atomic E-state index is 10.4. The van der Waals surface area contributed by atoms with Crippen LogP contribution in [0, 0.1) is 21.7 Å². The van der Waals surface area contributed by atoms with Gasteiger partial charge in [-0.2, -0.15) is 0 Å². The summed E-state index contributed by atoms with van der Waals surface area (Å²) < 4.78 is 0. The molecule has 0 bridgehead atoms. The summed E-state index contributed by atoms with van der Waals surface area (Å²) >= 11 is 0. The molecule has 0 aromatic heterocycles. The number of carbonyl (C=O) groups is 2. The molecule has 48 heavy (non-hydrogen) atoms. The van der Waals surface area contributed by atoms with Crippen molar-refractivity contribution in [3.63, 3.8) is 0 Å². The van der Waals surface area contributed by atoms with Gasteiger partial charge >= 0.3 is 11.9 Å². The van der Waals surface area contributed by atoms with Gasteiger partial charge in [-0.3, -0.25) is 0 Å². The molecule has 0 unspecified atom stereocenters. The zero-order chi connectivity index (χ0) is 38.5. The fourth-order valence-corrected chi connectivity index (χ4v) is 2.73. The van der Waals surface area contributed by atoms with E-state index in [2.05, 4.69) is 0 Å². The maximum absolute atomic E-state index is 10.4. The van der Waals surface area contributed by atoms with E-state index in [0.717, 1.165) is 6.07 Å². The summed E-state index contributed by atoms with van der Waals surface area (Å²) in [5.74, 6) is -2.25. The van der Waals surface area contributed by atoms with Crippen LogP contribution in [-0.2, 0) is 0 Å². The van der Waals surface area contributed by atoms with Crippen LogP contribution < -0.4 is 0 Å². The van der Waals surface area contributed by atoms with E-state index in [4.69, 9.17) is 71.5 Å². The van der Waals surface area contributed by atoms with Crippen LogP contribution in [0.15, 0.2) is 24.3 Å². The van der Waals surface area contributed by atoms with E-state index in [-0.39, 0.29) is 90.4 Å². The number of aliphatic hydroxyl groups excluding tert-OH is 12. The van der Waals surface area contributed by atoms with E-state index in [1.54, 1.807) is 0 Å². The van der Waals surface area contributed by atoms with Crippen LogP contribution in [0.25, 0.3) is 0 Å². The number of aliphatic hydroxyl groups is 12. The van der Waals surface area contributed by atoms with Crippen LogP contribution in [0.5, 0.6) is 0 Å². The Morgan fingerprint density at radius 3 is 0.667 bits per heavy atom. The van der Waals surface area contributed by atoms with E-state index >= 15 is 0 Å². The van der Waals surface area contributed by atoms with Gasteiger partial charge in [-0.25, -0.2) is 9.59 Å². The molecular formula is C32H62O16. The van der Waals surface area contributed by atoms with Gasteiger partial charge in [0.1, 0.15) is 0 Å². The molecule has 0 spiro atoms. The van der Waals surface area contributed by atoms with Crippen molar-refractivity contribution in [3.05, 3.63) is 35.4 Å². The third-order valence-corrected chi connectivity index (χ3v) is 8.38. The quantitative estimate of drug-likeness (QED) is 0.0829. The van der Waals surface area contributed by atoms with Gasteiger partial charge in [-0.05, 0) is 43.9 Å². The standard InChI is InChI=1S/C8H6O4.4C6H14O3/c9-7(10)5-2-1-3-6(4-5)8(11)12;4*1-2-6(3-7,4-8)5-9/h1-4H,(H,9,10)(H,11,12);4*7-9H,2-5H2,1H3. The average Bonchev–Trinajstić information content (AvgIpc) is 3.14. The fourth-order valence-electron chi connectivity index (χ4n) is 2.73. The molecule has 14 N–H and O–H groups in total. The number of carboxylic acid groups (broad SMARTS) is 2. The molecule has 0 saturated carbocycles. The first-order chi connectivity index (χ1) is 22.6. The van der Waals surface area contributed by atoms with E-state index < -0.39 is 33.6 Å². The van der Waals surface area contributed by atoms with Crippen molar-refractivity contribution in [3.8, 4) is 0 Å². The summed E-state index contributed by atoms with van der Waals surface area (Å²) in [7, 11) is 0. The Kier molecular flexibility index (Phi) is 32.4. The lowest BCUT2D eigenvalue weighted by Gasteiger charge is -2.24. The Morgan fingerprint density at radius 2 is 0.583 bits per heavy atom. The molecule has 0 fully saturated rings. The molecule has 0 aliphatic rings. The Hall–Kier alpha value is -2.32. The number of rotatable bonds is 18. The molecule has 0 radical (unpaired) electrons. The van der Waals surface area contributed by atoms with Gasteiger partial charge in [0.2, 0.25) is 0 Å². The van der Waals surface area contributed by atoms with Gasteiger partial charge in [0.05, 0.1) is 90.4 Å². The topological polar surface area (TPSA) is 317 Å². The first kappa shape index (κ1) is 52.5. The number of benzene rings is 1. The van der Waals surface area contributed by atoms with Crippen LogP contribution in [-0.4, -0.2) is 163 Å². The van der Waals surface area contributed by atoms with Crippen molar-refractivity contribution in [2.45, 2.75) is 53.4 Å². The third-order valence-electron chi connectivity index (χ3n) is 8.38. The van der Waals surface area contributed by atoms with Crippen molar-refractivity contribution in [2.75, 3.05) is 79.3 Å². The number of aromatic carboxylic acids is 2. The van der Waals surface area contributed by atoms with Crippen molar-refractivity contribution in [1.82, 2.24) is 0 Å². The van der Waals surface area contributed by atoms with Gasteiger partial charge in [-0.1, -0.05) is 33.8 Å². The normalized spacial score (nSPS) is 11.3. The number of hydrogen-bond acceptors (Lipinski definition) is 14. The highest BCUT2D eigenvalue weighted by Gasteiger charge is 2.27. The maximum Gasteiger partial charge on any atom is 0.335 e. The number of carboxylic acids is 2. The highest BCUT2D eigenvalue weighted by atomic mass is 16.4. The van der Waals surface area contributed by atoms with Crippen molar-refractivity contribution >= 4 is 11.9 Å². The molecule has 1 aromatic carbocycles. The second-order valence-electron chi connectivity index (χ2n) is 11.5. The molecule has 1 aromatic rings. The fraction of sp³-hybridized carbons (Fsp3) is 0.750. The van der Waals surface area contributed by atoms with Crippen molar-refractivity contribution in [2.24, 2.45) is 21.7 Å². The van der Waals surface area contributed by atoms with E-state index in [9.17, 15) is 9.59 Å². The van der Waals surface area contributed by atoms with Gasteiger partial charge in [0.15, 0.2) is 0 Å². The lowest BCUT2D eigenvalue weighted by molar-refractivity contribution is 0.00275. The van der Waals surface area contributed by atoms with E-state index in [1.807, 2.05) is 27.7 Å². The van der Waals surface area contributed by atoms with Crippen LogP contribution in [0.3, 0.4) is 0 Å². The van der Waals surface area contributed by atoms with Crippen molar-refractivity contribution in [1.29, 1.82) is 0 Å². The Morgan fingerprint density at radius 1 is 0.417 bits per heavy atom. The lowest BCUT2D eigenvalue weighted by Crippen LogP contribution is -2.32. The molecule has 16 heteroatoms. The van der Waals surface area contributed by atoms with Gasteiger partial charge < -0.3 is 71.5 Å². The minimum atomic E-state index is -1.13. The van der Waals surface area contributed by atoms with Gasteiger partial charge in [0, 0.05) is 21.7 Å². The summed E-state index contributed by atoms with van der Waals surface area (Å²) in [6.07, 6.45) is 2.38. The zero-order valence-electron chi connectivity index (χ0n) is 28.7. The second kappa shape index (κ2) is 29.6. The van der Waals surface area contributed by atoms with Crippen LogP contribution in [0.4, 0.5) is 0 Å². The highest BCUT2D eigenvalue weighted by Crippen LogP contribution is 2.20. The molecular weight excluding hydrogens is 640 g/mol. The smallest absolute Gasteiger partial charge is 0.335 e. The summed E-state index contributed by atoms with van der Waals surface area (Å²) in [5.41, 5.74) is -2.70. The largest absolute Gasteiger partial charge is 0.478 e. The molecule has 0 saturated heterocycles. The van der Waals surface area contributed by atoms with Gasteiger partial charge in [-0.15, -0.1) is 0 Å². The monoisotopic (exact) mass is 702 g/mol. The van der Waals surface area contributed by atoms with Gasteiger partial charge in [0.25, 0.3) is 0 Å². The molecule has 286 valence electrons. The summed E-state index contributed by atoms with van der Waals surface area (Å²) in [6.45, 7) is 5.41. The summed E-state index contributed by atoms with van der Waals surface area (Å²) in [6, 6.07) is 5.20. The van der Waals surface area contributed by atoms with E-state index in [1.165, 1.54) is 18.2 Å². The number of hydrogen-bond donors (Lipinski definition) is 14. The molecule has 0 aliphatic heterocycles. The molecule has 1 rings (SSSR count). The SMILES string of the molecule is CCC(CO)(CO)CO.CCC(CO)(CO)CO.CCC(CO)(CO)CO.CCC(CO)(CO)CO.O=C(O)c1cccc(C(=O)O)c1. The summed E-state index contributed by atoms with van der Waals surface area (Å²) in [5, 5.41) is 121. The predicted molar refractivity (Wildman–Crippen MR) is 176 cm³/mol. The highest BCUT2D eigenvalue weighted by molar-refractivity contribution is 5.93. The van der Waals surface area contributed by atoms with Crippen LogP contribution in [0.1, 0.15) is 74.1 Å². The molecule has 16 nitrogen and oxygen atoms in total. The van der Waals surface area contributed by atoms with Crippen molar-refractivity contribution < 1.29 is 81.1 Å². The summed E-state index contributed by atoms with van der Waals surface area (Å²) in [4.78, 5) is 20.8. The average molecular weight is 703 g/mol. The minimum Gasteiger partial charge on any atom is -0.478 e. The molecule has 0 amide bonds. The Labute approximate surface area is 282 Å². The molecule has 0 atom stereocenters. The lowest BCUT2D eigenvalue weighted by atomic mass is 9.88.